The van der Waals surface area contributed by atoms with Gasteiger partial charge in [-0.2, -0.15) is 13.2 Å². The van der Waals surface area contributed by atoms with Gasteiger partial charge in [-0.15, -0.1) is 11.3 Å². The van der Waals surface area contributed by atoms with Crippen LogP contribution in [0.3, 0.4) is 0 Å². The SMILES string of the molecule is Cc1csc2c(N3CCN(c4nccn5cc(C(F)(F)F)nc45)CC3)ncnc12. The second-order valence-corrected chi connectivity index (χ2v) is 7.75. The number of fused-ring (bicyclic) bond motifs is 2. The van der Waals surface area contributed by atoms with Crippen LogP contribution in [-0.4, -0.2) is 50.5 Å². The normalized spacial score (nSPS) is 15.6. The van der Waals surface area contributed by atoms with E-state index in [2.05, 4.69) is 30.2 Å². The molecule has 0 saturated carbocycles. The maximum absolute atomic E-state index is 13.0. The lowest BCUT2D eigenvalue weighted by Gasteiger charge is -2.36. The smallest absolute Gasteiger partial charge is 0.352 e. The third-order valence-corrected chi connectivity index (χ3v) is 6.12. The van der Waals surface area contributed by atoms with Gasteiger partial charge in [0.2, 0.25) is 0 Å². The fourth-order valence-electron chi connectivity index (χ4n) is 3.58. The molecule has 11 heteroatoms. The molecule has 0 unspecified atom stereocenters. The maximum Gasteiger partial charge on any atom is 0.434 e. The van der Waals surface area contributed by atoms with E-state index in [9.17, 15) is 13.2 Å². The molecule has 0 radical (unpaired) electrons. The number of alkyl halides is 3. The average molecular weight is 419 g/mol. The molecular weight excluding hydrogens is 403 g/mol. The number of aryl methyl sites for hydroxylation is 1. The Kier molecular flexibility index (Phi) is 4.09. The maximum atomic E-state index is 13.0. The van der Waals surface area contributed by atoms with Crippen LogP contribution in [0, 0.1) is 6.92 Å². The predicted molar refractivity (Wildman–Crippen MR) is 105 cm³/mol. The summed E-state index contributed by atoms with van der Waals surface area (Å²) in [4.78, 5) is 21.1. The van der Waals surface area contributed by atoms with Gasteiger partial charge in [0.05, 0.1) is 10.2 Å². The van der Waals surface area contributed by atoms with Gasteiger partial charge in [-0.3, -0.25) is 0 Å². The lowest BCUT2D eigenvalue weighted by atomic mass is 10.2. The highest BCUT2D eigenvalue weighted by Crippen LogP contribution is 2.33. The molecule has 0 N–H and O–H groups in total. The first-order chi connectivity index (χ1) is 13.9. The third-order valence-electron chi connectivity index (χ3n) is 5.04. The Balaban J connectivity index is 1.41. The van der Waals surface area contributed by atoms with Gasteiger partial charge in [-0.25, -0.2) is 19.9 Å². The van der Waals surface area contributed by atoms with E-state index in [1.54, 1.807) is 17.7 Å². The van der Waals surface area contributed by atoms with E-state index in [0.29, 0.717) is 32.0 Å². The molecule has 150 valence electrons. The topological polar surface area (TPSA) is 62.5 Å². The van der Waals surface area contributed by atoms with Crippen molar-refractivity contribution >= 4 is 38.8 Å². The lowest BCUT2D eigenvalue weighted by molar-refractivity contribution is -0.140. The van der Waals surface area contributed by atoms with Crippen LogP contribution in [0.1, 0.15) is 11.3 Å². The molecule has 5 rings (SSSR count). The number of hydrogen-bond acceptors (Lipinski definition) is 7. The first-order valence-corrected chi connectivity index (χ1v) is 9.89. The van der Waals surface area contributed by atoms with Gasteiger partial charge in [0.25, 0.3) is 0 Å². The van der Waals surface area contributed by atoms with Gasteiger partial charge in [-0.1, -0.05) is 0 Å². The highest BCUT2D eigenvalue weighted by Gasteiger charge is 2.35. The Morgan fingerprint density at radius 1 is 1.00 bits per heavy atom. The van der Waals surface area contributed by atoms with Gasteiger partial charge >= 0.3 is 6.18 Å². The van der Waals surface area contributed by atoms with Crippen molar-refractivity contribution in [2.24, 2.45) is 0 Å². The van der Waals surface area contributed by atoms with Crippen LogP contribution in [0.15, 0.2) is 30.3 Å². The summed E-state index contributed by atoms with van der Waals surface area (Å²) >= 11 is 1.63. The number of rotatable bonds is 2. The Bertz CT molecular complexity index is 1190. The molecule has 29 heavy (non-hydrogen) atoms. The number of aromatic nitrogens is 5. The minimum absolute atomic E-state index is 0.214. The Morgan fingerprint density at radius 3 is 2.45 bits per heavy atom. The molecular formula is C18H16F3N7S. The van der Waals surface area contributed by atoms with Crippen LogP contribution < -0.4 is 9.80 Å². The second kappa shape index (κ2) is 6.55. The Morgan fingerprint density at radius 2 is 1.72 bits per heavy atom. The second-order valence-electron chi connectivity index (χ2n) is 6.87. The largest absolute Gasteiger partial charge is 0.434 e. The molecule has 1 fully saturated rings. The number of hydrogen-bond donors (Lipinski definition) is 0. The van der Waals surface area contributed by atoms with E-state index in [-0.39, 0.29) is 5.65 Å². The molecule has 7 nitrogen and oxygen atoms in total. The summed E-state index contributed by atoms with van der Waals surface area (Å²) < 4.78 is 41.6. The molecule has 0 spiro atoms. The summed E-state index contributed by atoms with van der Waals surface area (Å²) in [5.74, 6) is 1.36. The minimum Gasteiger partial charge on any atom is -0.352 e. The first-order valence-electron chi connectivity index (χ1n) is 9.01. The van der Waals surface area contributed by atoms with Crippen molar-refractivity contribution in [2.75, 3.05) is 36.0 Å². The minimum atomic E-state index is -4.49. The summed E-state index contributed by atoms with van der Waals surface area (Å²) in [7, 11) is 0. The van der Waals surface area contributed by atoms with Crippen LogP contribution >= 0.6 is 11.3 Å². The van der Waals surface area contributed by atoms with Crippen molar-refractivity contribution in [1.82, 2.24) is 24.3 Å². The number of anilines is 2. The molecule has 0 aromatic carbocycles. The predicted octanol–water partition coefficient (Wildman–Crippen LogP) is 3.39. The zero-order valence-electron chi connectivity index (χ0n) is 15.4. The third kappa shape index (κ3) is 3.05. The number of thiophene rings is 1. The summed E-state index contributed by atoms with van der Waals surface area (Å²) in [5.41, 5.74) is 1.39. The fourth-order valence-corrected chi connectivity index (χ4v) is 4.60. The monoisotopic (exact) mass is 419 g/mol. The number of halogens is 3. The van der Waals surface area contributed by atoms with Gasteiger partial charge in [-0.05, 0) is 17.9 Å². The standard InChI is InChI=1S/C18H16F3N7S/c1-11-9-29-14-13(11)23-10-24-15(14)26-4-6-27(7-5-26)16-17-25-12(18(19,20)21)8-28(17)3-2-22-16/h2-3,8-10H,4-7H2,1H3. The molecule has 1 aliphatic rings. The van der Waals surface area contributed by atoms with Gasteiger partial charge in [0, 0.05) is 44.8 Å². The van der Waals surface area contributed by atoms with Crippen LogP contribution in [-0.2, 0) is 6.18 Å². The molecule has 5 heterocycles. The zero-order chi connectivity index (χ0) is 20.2. The molecule has 1 aliphatic heterocycles. The highest BCUT2D eigenvalue weighted by atomic mass is 32.1. The van der Waals surface area contributed by atoms with Crippen molar-refractivity contribution in [2.45, 2.75) is 13.1 Å². The quantitative estimate of drug-likeness (QED) is 0.496. The number of imidazole rings is 1. The lowest BCUT2D eigenvalue weighted by Crippen LogP contribution is -2.47. The van der Waals surface area contributed by atoms with Crippen LogP contribution in [0.25, 0.3) is 15.9 Å². The molecule has 4 aromatic rings. The van der Waals surface area contributed by atoms with Crippen LogP contribution in [0.4, 0.5) is 24.8 Å². The van der Waals surface area contributed by atoms with Gasteiger partial charge in [0.15, 0.2) is 17.2 Å². The molecule has 1 saturated heterocycles. The van der Waals surface area contributed by atoms with E-state index in [0.717, 1.165) is 27.8 Å². The highest BCUT2D eigenvalue weighted by molar-refractivity contribution is 7.18. The summed E-state index contributed by atoms with van der Waals surface area (Å²) in [5, 5.41) is 2.07. The van der Waals surface area contributed by atoms with Crippen LogP contribution in [0.5, 0.6) is 0 Å². The molecule has 0 aliphatic carbocycles. The van der Waals surface area contributed by atoms with E-state index in [1.165, 1.54) is 16.8 Å². The van der Waals surface area contributed by atoms with E-state index < -0.39 is 11.9 Å². The Hall–Kier alpha value is -2.95. The van der Waals surface area contributed by atoms with Gasteiger partial charge < -0.3 is 14.2 Å². The van der Waals surface area contributed by atoms with Crippen molar-refractivity contribution in [3.63, 3.8) is 0 Å². The fraction of sp³-hybridized carbons (Fsp3) is 0.333. The number of piperazine rings is 1. The van der Waals surface area contributed by atoms with Gasteiger partial charge in [0.1, 0.15) is 12.1 Å². The molecule has 0 bridgehead atoms. The van der Waals surface area contributed by atoms with Crippen LogP contribution in [0.2, 0.25) is 0 Å². The zero-order valence-corrected chi connectivity index (χ0v) is 16.2. The van der Waals surface area contributed by atoms with Crippen molar-refractivity contribution in [3.8, 4) is 0 Å². The van der Waals surface area contributed by atoms with E-state index >= 15 is 0 Å². The average Bonchev–Trinajstić information content (AvgIpc) is 3.32. The Labute approximate surface area is 167 Å². The molecule has 0 atom stereocenters. The summed E-state index contributed by atoms with van der Waals surface area (Å²) in [6.45, 7) is 4.60. The van der Waals surface area contributed by atoms with E-state index in [4.69, 9.17) is 0 Å². The van der Waals surface area contributed by atoms with Crippen molar-refractivity contribution in [1.29, 1.82) is 0 Å². The van der Waals surface area contributed by atoms with E-state index in [1.807, 2.05) is 11.8 Å². The first kappa shape index (κ1) is 18.1. The summed E-state index contributed by atoms with van der Waals surface area (Å²) in [6.07, 6.45) is 1.06. The molecule has 4 aromatic heterocycles. The van der Waals surface area contributed by atoms with Crippen molar-refractivity contribution in [3.05, 3.63) is 41.6 Å². The van der Waals surface area contributed by atoms with Crippen molar-refractivity contribution < 1.29 is 13.2 Å². The number of nitrogens with zero attached hydrogens (tertiary/aromatic N) is 7. The molecule has 0 amide bonds. The summed E-state index contributed by atoms with van der Waals surface area (Å²) in [6, 6.07) is 0.